The number of rotatable bonds is 2. The van der Waals surface area contributed by atoms with Gasteiger partial charge in [-0.25, -0.2) is 14.2 Å². The van der Waals surface area contributed by atoms with E-state index in [1.807, 2.05) is 12.1 Å². The Morgan fingerprint density at radius 3 is 3.25 bits per heavy atom. The smallest absolute Gasteiger partial charge is 0.324 e. The van der Waals surface area contributed by atoms with E-state index in [1.54, 1.807) is 4.90 Å². The van der Waals surface area contributed by atoms with Crippen molar-refractivity contribution in [3.05, 3.63) is 17.7 Å². The van der Waals surface area contributed by atoms with E-state index in [-0.39, 0.29) is 18.1 Å². The molecule has 0 spiro atoms. The lowest BCUT2D eigenvalue weighted by Crippen LogP contribution is -2.47. The van der Waals surface area contributed by atoms with Crippen LogP contribution in [0.25, 0.3) is 10.2 Å². The van der Waals surface area contributed by atoms with Crippen LogP contribution in [-0.2, 0) is 11.2 Å². The topological polar surface area (TPSA) is 63.7 Å². The van der Waals surface area contributed by atoms with Gasteiger partial charge in [-0.15, -0.1) is 0 Å². The first-order valence-electron chi connectivity index (χ1n) is 8.07. The van der Waals surface area contributed by atoms with E-state index in [0.29, 0.717) is 24.8 Å². The highest BCUT2D eigenvalue weighted by atomic mass is 32.1. The zero-order valence-electron chi connectivity index (χ0n) is 12.8. The highest BCUT2D eigenvalue weighted by molar-refractivity contribution is 7.22. The molecule has 3 aliphatic heterocycles. The van der Waals surface area contributed by atoms with Crippen LogP contribution in [0.2, 0.25) is 0 Å². The van der Waals surface area contributed by atoms with Gasteiger partial charge in [-0.2, -0.15) is 0 Å². The zero-order valence-corrected chi connectivity index (χ0v) is 13.6. The number of carbonyl (C=O) groups is 1. The minimum atomic E-state index is -0.532. The maximum absolute atomic E-state index is 13.0. The number of alkyl halides is 1. The van der Waals surface area contributed by atoms with E-state index in [0.717, 1.165) is 28.0 Å². The largest absolute Gasteiger partial charge is 0.493 e. The average molecular weight is 349 g/mol. The Morgan fingerprint density at radius 1 is 1.46 bits per heavy atom. The Kier molecular flexibility index (Phi) is 3.18. The summed E-state index contributed by atoms with van der Waals surface area (Å²) in [5.41, 5.74) is 2.02. The van der Waals surface area contributed by atoms with Crippen molar-refractivity contribution in [1.29, 1.82) is 0 Å². The van der Waals surface area contributed by atoms with Crippen LogP contribution in [0.1, 0.15) is 12.0 Å². The molecule has 0 aliphatic carbocycles. The second-order valence-electron chi connectivity index (χ2n) is 6.32. The number of urea groups is 1. The molecule has 0 radical (unpaired) electrons. The molecular formula is C16H16FN3O3S. The third-order valence-electron chi connectivity index (χ3n) is 4.94. The van der Waals surface area contributed by atoms with E-state index in [1.165, 1.54) is 11.3 Å². The Morgan fingerprint density at radius 2 is 2.38 bits per heavy atom. The second kappa shape index (κ2) is 5.29. The van der Waals surface area contributed by atoms with Gasteiger partial charge in [-0.05, 0) is 18.6 Å². The number of amides is 2. The lowest BCUT2D eigenvalue weighted by Gasteiger charge is -2.32. The highest BCUT2D eigenvalue weighted by Crippen LogP contribution is 2.40. The molecular weight excluding hydrogens is 333 g/mol. The van der Waals surface area contributed by atoms with Gasteiger partial charge in [0.2, 0.25) is 0 Å². The number of nitrogens with one attached hydrogen (secondary N) is 1. The maximum Gasteiger partial charge on any atom is 0.324 e. The van der Waals surface area contributed by atoms with Gasteiger partial charge in [-0.1, -0.05) is 11.3 Å². The molecule has 4 heterocycles. The van der Waals surface area contributed by atoms with Crippen molar-refractivity contribution >= 4 is 32.7 Å². The van der Waals surface area contributed by atoms with Gasteiger partial charge in [0.05, 0.1) is 41.6 Å². The van der Waals surface area contributed by atoms with Crippen LogP contribution in [0.3, 0.4) is 0 Å². The molecule has 1 aromatic carbocycles. The number of nitrogens with zero attached hydrogens (tertiary/aromatic N) is 2. The van der Waals surface area contributed by atoms with E-state index in [4.69, 9.17) is 14.5 Å². The molecule has 2 aromatic rings. The highest BCUT2D eigenvalue weighted by Gasteiger charge is 2.45. The lowest BCUT2D eigenvalue weighted by molar-refractivity contribution is -0.0150. The Balaban J connectivity index is 1.55. The number of fused-ring (bicyclic) bond motifs is 4. The van der Waals surface area contributed by atoms with Crippen LogP contribution in [0.15, 0.2) is 12.1 Å². The van der Waals surface area contributed by atoms with Crippen LogP contribution < -0.4 is 15.0 Å². The van der Waals surface area contributed by atoms with Gasteiger partial charge in [-0.3, -0.25) is 4.90 Å². The van der Waals surface area contributed by atoms with Crippen molar-refractivity contribution in [3.63, 3.8) is 0 Å². The zero-order chi connectivity index (χ0) is 16.3. The number of hydrogen-bond donors (Lipinski definition) is 1. The van der Waals surface area contributed by atoms with Crippen molar-refractivity contribution < 1.29 is 18.7 Å². The van der Waals surface area contributed by atoms with Gasteiger partial charge in [0.15, 0.2) is 5.13 Å². The average Bonchev–Trinajstić information content (AvgIpc) is 3.28. The van der Waals surface area contributed by atoms with E-state index < -0.39 is 12.8 Å². The fourth-order valence-electron chi connectivity index (χ4n) is 3.75. The van der Waals surface area contributed by atoms with Gasteiger partial charge >= 0.3 is 6.03 Å². The normalized spacial score (nSPS) is 28.6. The van der Waals surface area contributed by atoms with Crippen molar-refractivity contribution in [2.75, 3.05) is 24.8 Å². The van der Waals surface area contributed by atoms with Crippen LogP contribution in [0.5, 0.6) is 5.75 Å². The Hall–Kier alpha value is -1.93. The molecule has 5 rings (SSSR count). The number of benzene rings is 1. The molecule has 8 heteroatoms. The van der Waals surface area contributed by atoms with Gasteiger partial charge < -0.3 is 14.8 Å². The van der Waals surface area contributed by atoms with E-state index in [2.05, 4.69) is 5.32 Å². The van der Waals surface area contributed by atoms with Gasteiger partial charge in [0.25, 0.3) is 0 Å². The summed E-state index contributed by atoms with van der Waals surface area (Å²) in [5.74, 6) is 0.881. The Labute approximate surface area is 141 Å². The van der Waals surface area contributed by atoms with Gasteiger partial charge in [0.1, 0.15) is 12.4 Å². The van der Waals surface area contributed by atoms with Crippen molar-refractivity contribution in [2.45, 2.75) is 31.0 Å². The molecule has 2 saturated heterocycles. The third kappa shape index (κ3) is 2.02. The predicted octanol–water partition coefficient (Wildman–Crippen LogP) is 2.26. The molecule has 126 valence electrons. The number of ether oxygens (including phenoxy) is 2. The summed E-state index contributed by atoms with van der Waals surface area (Å²) in [5, 5.41) is 3.59. The van der Waals surface area contributed by atoms with Gasteiger partial charge in [0, 0.05) is 12.0 Å². The van der Waals surface area contributed by atoms with Crippen LogP contribution in [-0.4, -0.2) is 49.1 Å². The molecule has 3 aliphatic rings. The molecule has 0 bridgehead atoms. The number of halogens is 1. The lowest BCUT2D eigenvalue weighted by atomic mass is 10.00. The first kappa shape index (κ1) is 14.4. The number of thiazole rings is 1. The van der Waals surface area contributed by atoms with Crippen LogP contribution >= 0.6 is 11.3 Å². The molecule has 1 N–H and O–H groups in total. The quantitative estimate of drug-likeness (QED) is 0.903. The van der Waals surface area contributed by atoms with E-state index >= 15 is 0 Å². The second-order valence-corrected chi connectivity index (χ2v) is 7.33. The summed E-state index contributed by atoms with van der Waals surface area (Å²) in [6, 6.07) is 3.55. The minimum Gasteiger partial charge on any atom is -0.493 e. The van der Waals surface area contributed by atoms with E-state index in [9.17, 15) is 9.18 Å². The SMILES string of the molecule is O=C1N[C@H]2CO[C@@H](CF)C[C@H]2N1c1nc2c3c(ccc2s1)OCC3. The van der Waals surface area contributed by atoms with Crippen LogP contribution in [0.4, 0.5) is 14.3 Å². The fourth-order valence-corrected chi connectivity index (χ4v) is 4.80. The molecule has 1 aromatic heterocycles. The number of carbonyl (C=O) groups excluding carboxylic acids is 1. The van der Waals surface area contributed by atoms with Crippen molar-refractivity contribution in [3.8, 4) is 5.75 Å². The van der Waals surface area contributed by atoms with Crippen molar-refractivity contribution in [1.82, 2.24) is 10.3 Å². The standard InChI is InChI=1S/C16H16FN3O3S/c17-6-8-5-11-10(7-23-8)18-15(21)20(11)16-19-14-9-3-4-22-12(9)1-2-13(14)24-16/h1-2,8,10-11H,3-7H2,(H,18,21)/t8-,10+,11-/m1/s1. The summed E-state index contributed by atoms with van der Waals surface area (Å²) in [6.45, 7) is 0.483. The Bertz CT molecular complexity index is 826. The molecule has 0 unspecified atom stereocenters. The molecule has 3 atom stereocenters. The summed E-state index contributed by atoms with van der Waals surface area (Å²) in [7, 11) is 0. The summed E-state index contributed by atoms with van der Waals surface area (Å²) >= 11 is 1.49. The summed E-state index contributed by atoms with van der Waals surface area (Å²) in [6.07, 6.45) is 0.872. The molecule has 0 saturated carbocycles. The molecule has 6 nitrogen and oxygen atoms in total. The first-order valence-corrected chi connectivity index (χ1v) is 8.89. The summed E-state index contributed by atoms with van der Waals surface area (Å²) in [4.78, 5) is 18.9. The third-order valence-corrected chi connectivity index (χ3v) is 5.96. The summed E-state index contributed by atoms with van der Waals surface area (Å²) < 4.78 is 25.1. The fraction of sp³-hybridized carbons (Fsp3) is 0.500. The molecule has 2 fully saturated rings. The predicted molar refractivity (Wildman–Crippen MR) is 87.7 cm³/mol. The van der Waals surface area contributed by atoms with Crippen molar-refractivity contribution in [2.24, 2.45) is 0 Å². The first-order chi connectivity index (χ1) is 11.7. The monoisotopic (exact) mass is 349 g/mol. The number of aromatic nitrogens is 1. The maximum atomic E-state index is 13.0. The minimum absolute atomic E-state index is 0.110. The number of anilines is 1. The molecule has 24 heavy (non-hydrogen) atoms. The van der Waals surface area contributed by atoms with Crippen LogP contribution in [0, 0.1) is 0 Å². The number of hydrogen-bond acceptors (Lipinski definition) is 5. The molecule has 2 amide bonds.